The first kappa shape index (κ1) is 12.4. The predicted molar refractivity (Wildman–Crippen MR) is 59.7 cm³/mol. The number of ether oxygens (including phenoxy) is 1. The number of hydrogen-bond donors (Lipinski definition) is 1. The van der Waals surface area contributed by atoms with Crippen LogP contribution in [0.2, 0.25) is 0 Å². The van der Waals surface area contributed by atoms with E-state index in [9.17, 15) is 15.2 Å². The molecule has 0 aliphatic rings. The molecule has 1 rings (SSSR count). The van der Waals surface area contributed by atoms with Crippen LogP contribution < -0.4 is 4.74 Å². The summed E-state index contributed by atoms with van der Waals surface area (Å²) >= 11 is 0. The van der Waals surface area contributed by atoms with Crippen LogP contribution in [0, 0.1) is 10.1 Å². The molecular weight excluding hydrogens is 210 g/mol. The van der Waals surface area contributed by atoms with Crippen molar-refractivity contribution in [3.63, 3.8) is 0 Å². The maximum atomic E-state index is 10.6. The molecule has 0 fully saturated rings. The number of methoxy groups -OCH3 is 1. The Morgan fingerprint density at radius 1 is 1.56 bits per heavy atom. The summed E-state index contributed by atoms with van der Waals surface area (Å²) in [4.78, 5) is 10.1. The highest BCUT2D eigenvalue weighted by Crippen LogP contribution is 2.25. The fraction of sp³-hybridized carbons (Fsp3) is 0.455. The molecule has 0 aliphatic heterocycles. The normalized spacial score (nSPS) is 12.2. The van der Waals surface area contributed by atoms with Gasteiger partial charge in [0.1, 0.15) is 5.75 Å². The SMILES string of the molecule is COc1cc([N+](=O)[O-])ccc1CC[C@@H](C)O. The molecule has 0 radical (unpaired) electrons. The van der Waals surface area contributed by atoms with E-state index >= 15 is 0 Å². The third-order valence-corrected chi connectivity index (χ3v) is 2.31. The Balaban J connectivity index is 2.89. The average Bonchev–Trinajstić information content (AvgIpc) is 2.25. The molecule has 0 saturated carbocycles. The number of aryl methyl sites for hydroxylation is 1. The molecule has 0 bridgehead atoms. The van der Waals surface area contributed by atoms with E-state index in [1.165, 1.54) is 19.2 Å². The zero-order valence-corrected chi connectivity index (χ0v) is 9.34. The van der Waals surface area contributed by atoms with Gasteiger partial charge in [0.2, 0.25) is 0 Å². The number of nitrogens with zero attached hydrogens (tertiary/aromatic N) is 1. The van der Waals surface area contributed by atoms with Gasteiger partial charge in [-0.25, -0.2) is 0 Å². The molecule has 0 spiro atoms. The minimum absolute atomic E-state index is 0.0117. The molecular formula is C11H15NO4. The van der Waals surface area contributed by atoms with Gasteiger partial charge in [0, 0.05) is 6.07 Å². The summed E-state index contributed by atoms with van der Waals surface area (Å²) in [6.07, 6.45) is 0.854. The van der Waals surface area contributed by atoms with Gasteiger partial charge in [-0.15, -0.1) is 0 Å². The first-order valence-corrected chi connectivity index (χ1v) is 5.04. The molecule has 0 heterocycles. The number of rotatable bonds is 5. The van der Waals surface area contributed by atoms with Crippen molar-refractivity contribution in [1.29, 1.82) is 0 Å². The lowest BCUT2D eigenvalue weighted by atomic mass is 10.1. The van der Waals surface area contributed by atoms with Crippen molar-refractivity contribution in [2.75, 3.05) is 7.11 Å². The van der Waals surface area contributed by atoms with E-state index in [0.717, 1.165) is 5.56 Å². The molecule has 16 heavy (non-hydrogen) atoms. The Labute approximate surface area is 93.8 Å². The molecule has 1 N–H and O–H groups in total. The summed E-state index contributed by atoms with van der Waals surface area (Å²) in [6.45, 7) is 1.71. The second-order valence-electron chi connectivity index (χ2n) is 3.64. The van der Waals surface area contributed by atoms with Crippen molar-refractivity contribution in [3.05, 3.63) is 33.9 Å². The number of hydrogen-bond acceptors (Lipinski definition) is 4. The van der Waals surface area contributed by atoms with Gasteiger partial charge < -0.3 is 9.84 Å². The average molecular weight is 225 g/mol. The molecule has 1 aromatic carbocycles. The lowest BCUT2D eigenvalue weighted by molar-refractivity contribution is -0.384. The highest BCUT2D eigenvalue weighted by molar-refractivity contribution is 5.44. The Morgan fingerprint density at radius 3 is 2.75 bits per heavy atom. The Hall–Kier alpha value is -1.62. The number of benzene rings is 1. The van der Waals surface area contributed by atoms with E-state index in [-0.39, 0.29) is 11.8 Å². The van der Waals surface area contributed by atoms with Crippen molar-refractivity contribution in [3.8, 4) is 5.75 Å². The summed E-state index contributed by atoms with van der Waals surface area (Å²) in [5.74, 6) is 0.495. The number of aliphatic hydroxyl groups is 1. The molecule has 1 atom stereocenters. The number of nitro groups is 1. The fourth-order valence-electron chi connectivity index (χ4n) is 1.42. The Morgan fingerprint density at radius 2 is 2.25 bits per heavy atom. The number of non-ortho nitro benzene ring substituents is 1. The lowest BCUT2D eigenvalue weighted by Gasteiger charge is -2.09. The summed E-state index contributed by atoms with van der Waals surface area (Å²) in [6, 6.07) is 4.51. The van der Waals surface area contributed by atoms with Crippen LogP contribution in [0.4, 0.5) is 5.69 Å². The molecule has 0 unspecified atom stereocenters. The standard InChI is InChI=1S/C11H15NO4/c1-8(13)3-4-9-5-6-10(12(14)15)7-11(9)16-2/h5-8,13H,3-4H2,1-2H3/t8-/m1/s1. The van der Waals surface area contributed by atoms with E-state index in [1.807, 2.05) is 0 Å². The van der Waals surface area contributed by atoms with Crippen molar-refractivity contribution >= 4 is 5.69 Å². The maximum Gasteiger partial charge on any atom is 0.273 e. The van der Waals surface area contributed by atoms with Gasteiger partial charge in [-0.1, -0.05) is 0 Å². The summed E-state index contributed by atoms with van der Waals surface area (Å²) in [5, 5.41) is 19.7. The summed E-state index contributed by atoms with van der Waals surface area (Å²) in [7, 11) is 1.48. The van der Waals surface area contributed by atoms with Gasteiger partial charge in [0.05, 0.1) is 24.2 Å². The van der Waals surface area contributed by atoms with Crippen LogP contribution in [0.15, 0.2) is 18.2 Å². The quantitative estimate of drug-likeness (QED) is 0.613. The maximum absolute atomic E-state index is 10.6. The molecule has 0 aromatic heterocycles. The van der Waals surface area contributed by atoms with Crippen LogP contribution in [-0.4, -0.2) is 23.2 Å². The predicted octanol–water partition coefficient (Wildman–Crippen LogP) is 1.92. The number of aliphatic hydroxyl groups excluding tert-OH is 1. The van der Waals surface area contributed by atoms with Gasteiger partial charge >= 0.3 is 0 Å². The molecule has 5 nitrogen and oxygen atoms in total. The lowest BCUT2D eigenvalue weighted by Crippen LogP contribution is -2.03. The zero-order chi connectivity index (χ0) is 12.1. The van der Waals surface area contributed by atoms with Gasteiger partial charge in [-0.2, -0.15) is 0 Å². The largest absolute Gasteiger partial charge is 0.496 e. The van der Waals surface area contributed by atoms with Crippen LogP contribution in [-0.2, 0) is 6.42 Å². The van der Waals surface area contributed by atoms with Crippen molar-refractivity contribution in [2.24, 2.45) is 0 Å². The second-order valence-corrected chi connectivity index (χ2v) is 3.64. The first-order valence-electron chi connectivity index (χ1n) is 5.04. The van der Waals surface area contributed by atoms with E-state index in [1.54, 1.807) is 13.0 Å². The molecule has 5 heteroatoms. The Kier molecular flexibility index (Phi) is 4.25. The molecule has 1 aromatic rings. The summed E-state index contributed by atoms with van der Waals surface area (Å²) in [5.41, 5.74) is 0.881. The molecule has 88 valence electrons. The van der Waals surface area contributed by atoms with E-state index < -0.39 is 4.92 Å². The first-order chi connectivity index (χ1) is 7.54. The third kappa shape index (κ3) is 3.20. The van der Waals surface area contributed by atoms with Crippen LogP contribution in [0.5, 0.6) is 5.75 Å². The molecule has 0 aliphatic carbocycles. The van der Waals surface area contributed by atoms with Gasteiger partial charge in [-0.05, 0) is 31.4 Å². The van der Waals surface area contributed by atoms with Crippen molar-refractivity contribution in [1.82, 2.24) is 0 Å². The minimum Gasteiger partial charge on any atom is -0.496 e. The second kappa shape index (κ2) is 5.46. The molecule has 0 amide bonds. The van der Waals surface area contributed by atoms with Crippen LogP contribution in [0.3, 0.4) is 0 Å². The van der Waals surface area contributed by atoms with E-state index in [4.69, 9.17) is 4.74 Å². The highest BCUT2D eigenvalue weighted by atomic mass is 16.6. The summed E-state index contributed by atoms with van der Waals surface area (Å²) < 4.78 is 5.08. The van der Waals surface area contributed by atoms with Gasteiger partial charge in [-0.3, -0.25) is 10.1 Å². The van der Waals surface area contributed by atoms with Gasteiger partial charge in [0.25, 0.3) is 5.69 Å². The van der Waals surface area contributed by atoms with Crippen molar-refractivity contribution < 1.29 is 14.8 Å². The monoisotopic (exact) mass is 225 g/mol. The fourth-order valence-corrected chi connectivity index (χ4v) is 1.42. The zero-order valence-electron chi connectivity index (χ0n) is 9.34. The van der Waals surface area contributed by atoms with Gasteiger partial charge in [0.15, 0.2) is 0 Å². The topological polar surface area (TPSA) is 72.6 Å². The van der Waals surface area contributed by atoms with Crippen molar-refractivity contribution in [2.45, 2.75) is 25.9 Å². The molecule has 0 saturated heterocycles. The smallest absolute Gasteiger partial charge is 0.273 e. The van der Waals surface area contributed by atoms with E-state index in [2.05, 4.69) is 0 Å². The number of nitro benzene ring substituents is 1. The van der Waals surface area contributed by atoms with E-state index in [0.29, 0.717) is 18.6 Å². The van der Waals surface area contributed by atoms with Crippen LogP contribution in [0.1, 0.15) is 18.9 Å². The third-order valence-electron chi connectivity index (χ3n) is 2.31. The highest BCUT2D eigenvalue weighted by Gasteiger charge is 2.11. The Bertz CT molecular complexity index is 376. The van der Waals surface area contributed by atoms with Crippen LogP contribution >= 0.6 is 0 Å². The van der Waals surface area contributed by atoms with Crippen LogP contribution in [0.25, 0.3) is 0 Å². The minimum atomic E-state index is -0.457.